The quantitative estimate of drug-likeness (QED) is 0.872. The average molecular weight is 289 g/mol. The minimum Gasteiger partial charge on any atom is -0.481 e. The SMILES string of the molecule is N#Cc1cccc(NC(=O)N2CCOC(CC(=O)O)C2)c1. The fourth-order valence-electron chi connectivity index (χ4n) is 2.09. The van der Waals surface area contributed by atoms with Gasteiger partial charge in [-0.3, -0.25) is 4.79 Å². The molecule has 1 saturated heterocycles. The van der Waals surface area contributed by atoms with Crippen molar-refractivity contribution < 1.29 is 19.4 Å². The average Bonchev–Trinajstić information content (AvgIpc) is 2.47. The number of carboxylic acid groups (broad SMARTS) is 1. The molecule has 0 aliphatic carbocycles. The van der Waals surface area contributed by atoms with E-state index in [1.54, 1.807) is 24.3 Å². The highest BCUT2D eigenvalue weighted by atomic mass is 16.5. The lowest BCUT2D eigenvalue weighted by Gasteiger charge is -2.32. The lowest BCUT2D eigenvalue weighted by molar-refractivity contribution is -0.141. The summed E-state index contributed by atoms with van der Waals surface area (Å²) >= 11 is 0. The second-order valence-electron chi connectivity index (χ2n) is 4.66. The highest BCUT2D eigenvalue weighted by molar-refractivity contribution is 5.89. The normalized spacial score (nSPS) is 17.9. The van der Waals surface area contributed by atoms with E-state index in [1.165, 1.54) is 4.90 Å². The number of morpholine rings is 1. The second-order valence-corrected chi connectivity index (χ2v) is 4.66. The predicted octanol–water partition coefficient (Wildman–Crippen LogP) is 1.27. The number of carboxylic acids is 1. The van der Waals surface area contributed by atoms with E-state index in [2.05, 4.69) is 5.32 Å². The maximum Gasteiger partial charge on any atom is 0.322 e. The van der Waals surface area contributed by atoms with Crippen LogP contribution in [0.4, 0.5) is 10.5 Å². The zero-order chi connectivity index (χ0) is 15.2. The van der Waals surface area contributed by atoms with E-state index in [1.807, 2.05) is 6.07 Å². The summed E-state index contributed by atoms with van der Waals surface area (Å²) in [6.45, 7) is 0.944. The Morgan fingerprint density at radius 1 is 1.52 bits per heavy atom. The molecule has 0 radical (unpaired) electrons. The lowest BCUT2D eigenvalue weighted by atomic mass is 10.2. The predicted molar refractivity (Wildman–Crippen MR) is 73.7 cm³/mol. The van der Waals surface area contributed by atoms with Gasteiger partial charge in [0.2, 0.25) is 0 Å². The minimum absolute atomic E-state index is 0.131. The van der Waals surface area contributed by atoms with Crippen molar-refractivity contribution in [1.82, 2.24) is 4.90 Å². The summed E-state index contributed by atoms with van der Waals surface area (Å²) in [7, 11) is 0. The van der Waals surface area contributed by atoms with Gasteiger partial charge in [0, 0.05) is 18.8 Å². The largest absolute Gasteiger partial charge is 0.481 e. The van der Waals surface area contributed by atoms with Gasteiger partial charge in [0.05, 0.1) is 30.8 Å². The summed E-state index contributed by atoms with van der Waals surface area (Å²) in [6, 6.07) is 8.26. The number of anilines is 1. The molecular formula is C14H15N3O4. The third kappa shape index (κ3) is 4.19. The van der Waals surface area contributed by atoms with E-state index in [0.29, 0.717) is 24.4 Å². The van der Waals surface area contributed by atoms with Crippen LogP contribution in [0.15, 0.2) is 24.3 Å². The number of urea groups is 1. The van der Waals surface area contributed by atoms with Crippen LogP contribution < -0.4 is 5.32 Å². The molecule has 1 aromatic rings. The van der Waals surface area contributed by atoms with E-state index < -0.39 is 12.1 Å². The standard InChI is InChI=1S/C14H15N3O4/c15-8-10-2-1-3-11(6-10)16-14(20)17-4-5-21-12(9-17)7-13(18)19/h1-3,6,12H,4-5,7,9H2,(H,16,20)(H,18,19). The molecule has 1 aliphatic rings. The fourth-order valence-corrected chi connectivity index (χ4v) is 2.09. The molecule has 1 aliphatic heterocycles. The van der Waals surface area contributed by atoms with Crippen molar-refractivity contribution >= 4 is 17.7 Å². The van der Waals surface area contributed by atoms with Gasteiger partial charge < -0.3 is 20.1 Å². The van der Waals surface area contributed by atoms with Crippen LogP contribution in [-0.2, 0) is 9.53 Å². The van der Waals surface area contributed by atoms with Crippen molar-refractivity contribution in [2.75, 3.05) is 25.0 Å². The molecule has 1 unspecified atom stereocenters. The zero-order valence-corrected chi connectivity index (χ0v) is 11.3. The molecule has 1 fully saturated rings. The summed E-state index contributed by atoms with van der Waals surface area (Å²) in [5.74, 6) is -0.955. The molecule has 0 aromatic heterocycles. The first-order chi connectivity index (χ1) is 10.1. The third-order valence-electron chi connectivity index (χ3n) is 3.07. The number of amides is 2. The molecule has 21 heavy (non-hydrogen) atoms. The van der Waals surface area contributed by atoms with Crippen molar-refractivity contribution in [2.24, 2.45) is 0 Å². The topological polar surface area (TPSA) is 103 Å². The summed E-state index contributed by atoms with van der Waals surface area (Å²) in [4.78, 5) is 24.3. The van der Waals surface area contributed by atoms with Crippen molar-refractivity contribution in [3.05, 3.63) is 29.8 Å². The molecule has 1 heterocycles. The molecule has 1 atom stereocenters. The van der Waals surface area contributed by atoms with Gasteiger partial charge in [0.25, 0.3) is 0 Å². The van der Waals surface area contributed by atoms with E-state index in [4.69, 9.17) is 15.1 Å². The van der Waals surface area contributed by atoms with Gasteiger partial charge in [-0.15, -0.1) is 0 Å². The van der Waals surface area contributed by atoms with E-state index in [-0.39, 0.29) is 19.0 Å². The number of hydrogen-bond acceptors (Lipinski definition) is 4. The molecule has 110 valence electrons. The highest BCUT2D eigenvalue weighted by Gasteiger charge is 2.25. The third-order valence-corrected chi connectivity index (χ3v) is 3.07. The van der Waals surface area contributed by atoms with Crippen molar-refractivity contribution in [2.45, 2.75) is 12.5 Å². The molecular weight excluding hydrogens is 274 g/mol. The molecule has 2 amide bonds. The first kappa shape index (κ1) is 14.8. The Bertz CT molecular complexity index is 582. The van der Waals surface area contributed by atoms with Gasteiger partial charge in [0.15, 0.2) is 0 Å². The van der Waals surface area contributed by atoms with E-state index in [9.17, 15) is 9.59 Å². The molecule has 0 spiro atoms. The van der Waals surface area contributed by atoms with Gasteiger partial charge in [-0.2, -0.15) is 5.26 Å². The Kier molecular flexibility index (Phi) is 4.74. The molecule has 2 rings (SSSR count). The number of nitrogens with one attached hydrogen (secondary N) is 1. The molecule has 7 nitrogen and oxygen atoms in total. The number of nitriles is 1. The molecule has 0 bridgehead atoms. The number of benzene rings is 1. The van der Waals surface area contributed by atoms with Gasteiger partial charge in [-0.05, 0) is 18.2 Å². The number of carbonyl (C=O) groups is 2. The number of hydrogen-bond donors (Lipinski definition) is 2. The maximum absolute atomic E-state index is 12.1. The van der Waals surface area contributed by atoms with Crippen molar-refractivity contribution in [3.63, 3.8) is 0 Å². The Morgan fingerprint density at radius 2 is 2.33 bits per heavy atom. The van der Waals surface area contributed by atoms with Crippen LogP contribution in [0, 0.1) is 11.3 Å². The Labute approximate surface area is 121 Å². The lowest BCUT2D eigenvalue weighted by Crippen LogP contribution is -2.47. The minimum atomic E-state index is -0.955. The van der Waals surface area contributed by atoms with Crippen LogP contribution in [0.2, 0.25) is 0 Å². The second kappa shape index (κ2) is 6.72. The van der Waals surface area contributed by atoms with Gasteiger partial charge in [-0.25, -0.2) is 4.79 Å². The number of aliphatic carboxylic acids is 1. The van der Waals surface area contributed by atoms with Crippen LogP contribution >= 0.6 is 0 Å². The summed E-state index contributed by atoms with van der Waals surface area (Å²) in [5.41, 5.74) is 0.985. The zero-order valence-electron chi connectivity index (χ0n) is 11.3. The van der Waals surface area contributed by atoms with Gasteiger partial charge >= 0.3 is 12.0 Å². The number of ether oxygens (including phenoxy) is 1. The van der Waals surface area contributed by atoms with E-state index in [0.717, 1.165) is 0 Å². The Hall–Kier alpha value is -2.59. The molecule has 0 saturated carbocycles. The highest BCUT2D eigenvalue weighted by Crippen LogP contribution is 2.13. The van der Waals surface area contributed by atoms with Crippen LogP contribution in [0.1, 0.15) is 12.0 Å². The number of nitrogens with zero attached hydrogens (tertiary/aromatic N) is 2. The maximum atomic E-state index is 12.1. The van der Waals surface area contributed by atoms with Crippen LogP contribution in [0.25, 0.3) is 0 Å². The Balaban J connectivity index is 1.96. The molecule has 1 aromatic carbocycles. The van der Waals surface area contributed by atoms with E-state index >= 15 is 0 Å². The number of carbonyl (C=O) groups excluding carboxylic acids is 1. The smallest absolute Gasteiger partial charge is 0.322 e. The van der Waals surface area contributed by atoms with Gasteiger partial charge in [-0.1, -0.05) is 6.07 Å². The fraction of sp³-hybridized carbons (Fsp3) is 0.357. The first-order valence-electron chi connectivity index (χ1n) is 6.48. The number of rotatable bonds is 3. The molecule has 7 heteroatoms. The summed E-state index contributed by atoms with van der Waals surface area (Å²) in [5, 5.41) is 20.3. The van der Waals surface area contributed by atoms with Crippen LogP contribution in [0.3, 0.4) is 0 Å². The summed E-state index contributed by atoms with van der Waals surface area (Å²) < 4.78 is 5.31. The monoisotopic (exact) mass is 289 g/mol. The van der Waals surface area contributed by atoms with Crippen molar-refractivity contribution in [1.29, 1.82) is 5.26 Å². The Morgan fingerprint density at radius 3 is 3.05 bits per heavy atom. The molecule has 2 N–H and O–H groups in total. The first-order valence-corrected chi connectivity index (χ1v) is 6.48. The summed E-state index contributed by atoms with van der Waals surface area (Å²) in [6.07, 6.45) is -0.624. The van der Waals surface area contributed by atoms with Crippen molar-refractivity contribution in [3.8, 4) is 6.07 Å². The van der Waals surface area contributed by atoms with Crippen LogP contribution in [0.5, 0.6) is 0 Å². The van der Waals surface area contributed by atoms with Gasteiger partial charge in [0.1, 0.15) is 0 Å². The van der Waals surface area contributed by atoms with Crippen LogP contribution in [-0.4, -0.2) is 47.8 Å².